The predicted octanol–water partition coefficient (Wildman–Crippen LogP) is 3.80. The molecule has 0 aliphatic rings. The van der Waals surface area contributed by atoms with E-state index in [4.69, 9.17) is 9.72 Å². The number of fused-ring (bicyclic) bond motifs is 1. The van der Waals surface area contributed by atoms with Crippen LogP contribution in [-0.4, -0.2) is 29.8 Å². The van der Waals surface area contributed by atoms with Gasteiger partial charge in [-0.05, 0) is 63.2 Å². The first-order valence-corrected chi connectivity index (χ1v) is 8.89. The monoisotopic (exact) mass is 337 g/mol. The lowest BCUT2D eigenvalue weighted by Gasteiger charge is -2.11. The lowest BCUT2D eigenvalue weighted by molar-refractivity contribution is 0.298. The van der Waals surface area contributed by atoms with Gasteiger partial charge in [-0.3, -0.25) is 0 Å². The highest BCUT2D eigenvalue weighted by molar-refractivity contribution is 5.78. The molecule has 3 rings (SSSR count). The molecule has 0 saturated carbocycles. The average molecular weight is 337 g/mol. The van der Waals surface area contributed by atoms with E-state index in [1.165, 1.54) is 22.2 Å². The van der Waals surface area contributed by atoms with Gasteiger partial charge in [0.1, 0.15) is 18.2 Å². The molecule has 0 amide bonds. The van der Waals surface area contributed by atoms with Crippen molar-refractivity contribution >= 4 is 11.0 Å². The SMILES string of the molecule is CNCCc1nc2cc(C)c(C)cc2n1CCOc1ccc(C)cc1. The van der Waals surface area contributed by atoms with Gasteiger partial charge >= 0.3 is 0 Å². The molecule has 0 aliphatic carbocycles. The predicted molar refractivity (Wildman–Crippen MR) is 104 cm³/mol. The summed E-state index contributed by atoms with van der Waals surface area (Å²) in [5, 5.41) is 3.21. The van der Waals surface area contributed by atoms with Gasteiger partial charge in [-0.2, -0.15) is 0 Å². The second kappa shape index (κ2) is 7.70. The molecule has 132 valence electrons. The summed E-state index contributed by atoms with van der Waals surface area (Å²) in [6.45, 7) is 8.73. The minimum atomic E-state index is 0.633. The van der Waals surface area contributed by atoms with Gasteiger partial charge in [0.25, 0.3) is 0 Å². The molecule has 4 heteroatoms. The molecule has 0 spiro atoms. The Kier molecular flexibility index (Phi) is 5.39. The number of hydrogen-bond donors (Lipinski definition) is 1. The van der Waals surface area contributed by atoms with E-state index < -0.39 is 0 Å². The zero-order valence-electron chi connectivity index (χ0n) is 15.6. The molecule has 4 nitrogen and oxygen atoms in total. The fraction of sp³-hybridized carbons (Fsp3) is 0.381. The van der Waals surface area contributed by atoms with Crippen LogP contribution in [0.1, 0.15) is 22.5 Å². The number of hydrogen-bond acceptors (Lipinski definition) is 3. The summed E-state index contributed by atoms with van der Waals surface area (Å²) < 4.78 is 8.23. The molecule has 1 heterocycles. The van der Waals surface area contributed by atoms with Gasteiger partial charge in [0, 0.05) is 13.0 Å². The summed E-state index contributed by atoms with van der Waals surface area (Å²) in [6.07, 6.45) is 0.911. The second-order valence-electron chi connectivity index (χ2n) is 6.62. The van der Waals surface area contributed by atoms with Gasteiger partial charge in [-0.15, -0.1) is 0 Å². The Labute approximate surface area is 149 Å². The highest BCUT2D eigenvalue weighted by Gasteiger charge is 2.12. The van der Waals surface area contributed by atoms with Crippen molar-refractivity contribution < 1.29 is 4.74 Å². The Morgan fingerprint density at radius 1 is 1.04 bits per heavy atom. The van der Waals surface area contributed by atoms with Gasteiger partial charge in [-0.25, -0.2) is 4.98 Å². The molecule has 1 N–H and O–H groups in total. The van der Waals surface area contributed by atoms with Crippen molar-refractivity contribution in [3.05, 3.63) is 58.9 Å². The fourth-order valence-electron chi connectivity index (χ4n) is 3.00. The van der Waals surface area contributed by atoms with Gasteiger partial charge in [0.05, 0.1) is 17.6 Å². The molecule has 0 fully saturated rings. The van der Waals surface area contributed by atoms with E-state index in [9.17, 15) is 0 Å². The number of nitrogens with one attached hydrogen (secondary N) is 1. The molecule has 0 saturated heterocycles. The van der Waals surface area contributed by atoms with Crippen molar-refractivity contribution in [2.75, 3.05) is 20.2 Å². The van der Waals surface area contributed by atoms with E-state index in [2.05, 4.69) is 54.9 Å². The van der Waals surface area contributed by atoms with Crippen molar-refractivity contribution in [3.63, 3.8) is 0 Å². The normalized spacial score (nSPS) is 11.2. The third kappa shape index (κ3) is 4.02. The van der Waals surface area contributed by atoms with Crippen LogP contribution in [0.4, 0.5) is 0 Å². The van der Waals surface area contributed by atoms with Crippen LogP contribution < -0.4 is 10.1 Å². The van der Waals surface area contributed by atoms with Crippen molar-refractivity contribution in [2.24, 2.45) is 0 Å². The van der Waals surface area contributed by atoms with Crippen LogP contribution >= 0.6 is 0 Å². The average Bonchev–Trinajstić information content (AvgIpc) is 2.92. The Balaban J connectivity index is 1.82. The summed E-state index contributed by atoms with van der Waals surface area (Å²) in [7, 11) is 1.97. The first-order chi connectivity index (χ1) is 12.1. The Morgan fingerprint density at radius 3 is 2.48 bits per heavy atom. The van der Waals surface area contributed by atoms with Crippen LogP contribution in [0.15, 0.2) is 36.4 Å². The number of aryl methyl sites for hydroxylation is 3. The van der Waals surface area contributed by atoms with Crippen molar-refractivity contribution in [1.82, 2.24) is 14.9 Å². The maximum Gasteiger partial charge on any atom is 0.119 e. The number of benzene rings is 2. The maximum absolute atomic E-state index is 5.93. The standard InChI is InChI=1S/C21H27N3O/c1-15-5-7-18(8-6-15)25-12-11-24-20-14-17(3)16(2)13-19(20)23-21(24)9-10-22-4/h5-8,13-14,22H,9-12H2,1-4H3. The lowest BCUT2D eigenvalue weighted by atomic mass is 10.1. The Hall–Kier alpha value is -2.33. The molecule has 0 unspecified atom stereocenters. The summed E-state index contributed by atoms with van der Waals surface area (Å²) in [6, 6.07) is 12.6. The molecule has 0 aliphatic heterocycles. The van der Waals surface area contributed by atoms with Crippen LogP contribution in [0.3, 0.4) is 0 Å². The largest absolute Gasteiger partial charge is 0.492 e. The summed E-state index contributed by atoms with van der Waals surface area (Å²) in [5.41, 5.74) is 6.10. The minimum absolute atomic E-state index is 0.633. The van der Waals surface area contributed by atoms with E-state index in [0.29, 0.717) is 6.61 Å². The zero-order valence-corrected chi connectivity index (χ0v) is 15.6. The molecule has 0 atom stereocenters. The Bertz CT molecular complexity index is 850. The molecular formula is C21H27N3O. The Morgan fingerprint density at radius 2 is 1.76 bits per heavy atom. The highest BCUT2D eigenvalue weighted by atomic mass is 16.5. The van der Waals surface area contributed by atoms with Gasteiger partial charge in [-0.1, -0.05) is 17.7 Å². The lowest BCUT2D eigenvalue weighted by Crippen LogP contribution is -2.16. The van der Waals surface area contributed by atoms with E-state index >= 15 is 0 Å². The third-order valence-electron chi connectivity index (χ3n) is 4.65. The topological polar surface area (TPSA) is 39.1 Å². The van der Waals surface area contributed by atoms with Crippen LogP contribution in [0, 0.1) is 20.8 Å². The van der Waals surface area contributed by atoms with E-state index in [1.807, 2.05) is 19.2 Å². The van der Waals surface area contributed by atoms with Crippen LogP contribution in [-0.2, 0) is 13.0 Å². The number of rotatable bonds is 7. The van der Waals surface area contributed by atoms with Gasteiger partial charge in [0.2, 0.25) is 0 Å². The van der Waals surface area contributed by atoms with Crippen molar-refractivity contribution in [2.45, 2.75) is 33.7 Å². The summed E-state index contributed by atoms with van der Waals surface area (Å²) >= 11 is 0. The molecule has 2 aromatic carbocycles. The van der Waals surface area contributed by atoms with Crippen LogP contribution in [0.2, 0.25) is 0 Å². The van der Waals surface area contributed by atoms with E-state index in [1.54, 1.807) is 0 Å². The molecule has 0 radical (unpaired) electrons. The first kappa shape index (κ1) is 17.5. The fourth-order valence-corrected chi connectivity index (χ4v) is 3.00. The molecule has 3 aromatic rings. The molecule has 25 heavy (non-hydrogen) atoms. The van der Waals surface area contributed by atoms with Crippen LogP contribution in [0.25, 0.3) is 11.0 Å². The van der Waals surface area contributed by atoms with E-state index in [0.717, 1.165) is 36.6 Å². The summed E-state index contributed by atoms with van der Waals surface area (Å²) in [4.78, 5) is 4.86. The van der Waals surface area contributed by atoms with Gasteiger partial charge < -0.3 is 14.6 Å². The maximum atomic E-state index is 5.93. The van der Waals surface area contributed by atoms with E-state index in [-0.39, 0.29) is 0 Å². The zero-order chi connectivity index (χ0) is 17.8. The number of likely N-dealkylation sites (N-methyl/N-ethyl adjacent to an activating group) is 1. The highest BCUT2D eigenvalue weighted by Crippen LogP contribution is 2.21. The molecular weight excluding hydrogens is 310 g/mol. The number of imidazole rings is 1. The second-order valence-corrected chi connectivity index (χ2v) is 6.62. The quantitative estimate of drug-likeness (QED) is 0.713. The van der Waals surface area contributed by atoms with Crippen molar-refractivity contribution in [3.8, 4) is 5.75 Å². The third-order valence-corrected chi connectivity index (χ3v) is 4.65. The van der Waals surface area contributed by atoms with Crippen LogP contribution in [0.5, 0.6) is 5.75 Å². The number of aromatic nitrogens is 2. The number of nitrogens with zero attached hydrogens (tertiary/aromatic N) is 2. The smallest absolute Gasteiger partial charge is 0.119 e. The molecule has 0 bridgehead atoms. The molecule has 1 aromatic heterocycles. The van der Waals surface area contributed by atoms with Gasteiger partial charge in [0.15, 0.2) is 0 Å². The van der Waals surface area contributed by atoms with Crippen molar-refractivity contribution in [1.29, 1.82) is 0 Å². The number of ether oxygens (including phenoxy) is 1. The summed E-state index contributed by atoms with van der Waals surface area (Å²) in [5.74, 6) is 2.03. The first-order valence-electron chi connectivity index (χ1n) is 8.89. The minimum Gasteiger partial charge on any atom is -0.492 e.